The summed E-state index contributed by atoms with van der Waals surface area (Å²) < 4.78 is 5.07. The van der Waals surface area contributed by atoms with E-state index < -0.39 is 5.24 Å². The first-order chi connectivity index (χ1) is 9.60. The summed E-state index contributed by atoms with van der Waals surface area (Å²) in [6, 6.07) is 13.2. The van der Waals surface area contributed by atoms with Gasteiger partial charge in [0.25, 0.3) is 11.1 Å². The van der Waals surface area contributed by atoms with E-state index >= 15 is 0 Å². The van der Waals surface area contributed by atoms with Gasteiger partial charge in [-0.15, -0.1) is 0 Å². The Morgan fingerprint density at radius 3 is 2.35 bits per heavy atom. The number of halogens is 1. The summed E-state index contributed by atoms with van der Waals surface area (Å²) in [5, 5.41) is 2.19. The average Bonchev–Trinajstić information content (AvgIpc) is 2.47. The van der Waals surface area contributed by atoms with Gasteiger partial charge in [-0.3, -0.25) is 9.59 Å². The predicted octanol–water partition coefficient (Wildman–Crippen LogP) is 3.33. The Balaban J connectivity index is 2.12. The molecule has 4 nitrogen and oxygen atoms in total. The molecule has 102 valence electrons. The van der Waals surface area contributed by atoms with E-state index in [0.717, 1.165) is 0 Å². The highest BCUT2D eigenvalue weighted by molar-refractivity contribution is 6.67. The predicted molar refractivity (Wildman–Crippen MR) is 77.6 cm³/mol. The van der Waals surface area contributed by atoms with Crippen LogP contribution in [-0.2, 0) is 0 Å². The second kappa shape index (κ2) is 6.21. The number of nitrogens with one attached hydrogen (secondary N) is 1. The van der Waals surface area contributed by atoms with E-state index in [4.69, 9.17) is 16.3 Å². The third-order valence-corrected chi connectivity index (χ3v) is 2.92. The van der Waals surface area contributed by atoms with Crippen molar-refractivity contribution in [2.75, 3.05) is 12.4 Å². The molecule has 2 aromatic rings. The Labute approximate surface area is 121 Å². The van der Waals surface area contributed by atoms with Crippen LogP contribution in [0.3, 0.4) is 0 Å². The maximum Gasteiger partial charge on any atom is 0.255 e. The lowest BCUT2D eigenvalue weighted by Crippen LogP contribution is -2.11. The summed E-state index contributed by atoms with van der Waals surface area (Å²) in [6.07, 6.45) is 0. The number of ether oxygens (including phenoxy) is 1. The molecule has 0 unspecified atom stereocenters. The normalized spacial score (nSPS) is 9.90. The van der Waals surface area contributed by atoms with Crippen LogP contribution in [-0.4, -0.2) is 18.3 Å². The van der Waals surface area contributed by atoms with E-state index in [1.807, 2.05) is 0 Å². The van der Waals surface area contributed by atoms with Crippen LogP contribution in [0.15, 0.2) is 48.5 Å². The molecular weight excluding hydrogens is 278 g/mol. The molecule has 0 aromatic heterocycles. The van der Waals surface area contributed by atoms with Crippen molar-refractivity contribution in [2.45, 2.75) is 0 Å². The number of hydrogen-bond donors (Lipinski definition) is 1. The highest BCUT2D eigenvalue weighted by Crippen LogP contribution is 2.16. The second-order valence-corrected chi connectivity index (χ2v) is 4.38. The van der Waals surface area contributed by atoms with E-state index in [1.165, 1.54) is 0 Å². The molecule has 0 saturated heterocycles. The van der Waals surface area contributed by atoms with E-state index in [9.17, 15) is 9.59 Å². The summed E-state index contributed by atoms with van der Waals surface area (Å²) in [7, 11) is 1.54. The van der Waals surface area contributed by atoms with Gasteiger partial charge in [0, 0.05) is 16.8 Å². The number of methoxy groups -OCH3 is 1. The van der Waals surface area contributed by atoms with Gasteiger partial charge in [-0.1, -0.05) is 6.07 Å². The van der Waals surface area contributed by atoms with Crippen molar-refractivity contribution < 1.29 is 14.3 Å². The molecule has 1 amide bonds. The molecule has 0 aliphatic carbocycles. The Hall–Kier alpha value is -2.33. The van der Waals surface area contributed by atoms with Crippen molar-refractivity contribution in [1.82, 2.24) is 0 Å². The van der Waals surface area contributed by atoms with Gasteiger partial charge in [0.2, 0.25) is 0 Å². The quantitative estimate of drug-likeness (QED) is 0.879. The third kappa shape index (κ3) is 3.36. The van der Waals surface area contributed by atoms with Crippen molar-refractivity contribution in [3.8, 4) is 5.75 Å². The minimum Gasteiger partial charge on any atom is -0.497 e. The van der Waals surface area contributed by atoms with Crippen LogP contribution in [0, 0.1) is 0 Å². The lowest BCUT2D eigenvalue weighted by atomic mass is 10.2. The standard InChI is InChI=1S/C15H12ClNO3/c1-20-13-4-2-3-11(9-13)15(19)17-12-7-5-10(6-8-12)14(16)18/h2-9H,1H3,(H,17,19). The fourth-order valence-electron chi connectivity index (χ4n) is 1.65. The van der Waals surface area contributed by atoms with E-state index in [-0.39, 0.29) is 5.91 Å². The summed E-state index contributed by atoms with van der Waals surface area (Å²) >= 11 is 5.35. The molecular formula is C15H12ClNO3. The number of benzene rings is 2. The number of carbonyl (C=O) groups is 2. The molecule has 2 rings (SSSR count). The lowest BCUT2D eigenvalue weighted by Gasteiger charge is -2.07. The Morgan fingerprint density at radius 2 is 1.75 bits per heavy atom. The number of anilines is 1. The van der Waals surface area contributed by atoms with Crippen molar-refractivity contribution in [3.63, 3.8) is 0 Å². The molecule has 0 fully saturated rings. The van der Waals surface area contributed by atoms with Crippen molar-refractivity contribution in [1.29, 1.82) is 0 Å². The maximum atomic E-state index is 12.0. The van der Waals surface area contributed by atoms with Crippen LogP contribution in [0.4, 0.5) is 5.69 Å². The van der Waals surface area contributed by atoms with Crippen molar-refractivity contribution in [3.05, 3.63) is 59.7 Å². The lowest BCUT2D eigenvalue weighted by molar-refractivity contribution is 0.102. The molecule has 0 radical (unpaired) electrons. The van der Waals surface area contributed by atoms with Crippen molar-refractivity contribution in [2.24, 2.45) is 0 Å². The summed E-state index contributed by atoms with van der Waals surface area (Å²) in [4.78, 5) is 23.0. The van der Waals surface area contributed by atoms with Crippen molar-refractivity contribution >= 4 is 28.4 Å². The minimum absolute atomic E-state index is 0.256. The molecule has 0 saturated carbocycles. The first-order valence-corrected chi connectivity index (χ1v) is 6.23. The highest BCUT2D eigenvalue weighted by Gasteiger charge is 2.08. The second-order valence-electron chi connectivity index (χ2n) is 4.04. The molecule has 0 heterocycles. The SMILES string of the molecule is COc1cccc(C(=O)Nc2ccc(C(=O)Cl)cc2)c1. The molecule has 0 bridgehead atoms. The smallest absolute Gasteiger partial charge is 0.255 e. The molecule has 0 atom stereocenters. The van der Waals surface area contributed by atoms with Gasteiger partial charge in [0.15, 0.2) is 0 Å². The fourth-order valence-corrected chi connectivity index (χ4v) is 1.78. The molecule has 20 heavy (non-hydrogen) atoms. The summed E-state index contributed by atoms with van der Waals surface area (Å²) in [5.41, 5.74) is 1.45. The van der Waals surface area contributed by atoms with Gasteiger partial charge in [-0.25, -0.2) is 0 Å². The molecule has 0 aliphatic rings. The van der Waals surface area contributed by atoms with Gasteiger partial charge in [-0.2, -0.15) is 0 Å². The van der Waals surface area contributed by atoms with Crippen LogP contribution in [0.5, 0.6) is 5.75 Å². The Morgan fingerprint density at radius 1 is 1.05 bits per heavy atom. The maximum absolute atomic E-state index is 12.0. The first kappa shape index (κ1) is 14.1. The van der Waals surface area contributed by atoms with Crippen LogP contribution < -0.4 is 10.1 Å². The first-order valence-electron chi connectivity index (χ1n) is 5.85. The molecule has 0 spiro atoms. The fraction of sp³-hybridized carbons (Fsp3) is 0.0667. The Bertz CT molecular complexity index is 638. The topological polar surface area (TPSA) is 55.4 Å². The zero-order chi connectivity index (χ0) is 14.5. The third-order valence-electron chi connectivity index (χ3n) is 2.70. The zero-order valence-corrected chi connectivity index (χ0v) is 11.5. The minimum atomic E-state index is -0.532. The summed E-state index contributed by atoms with van der Waals surface area (Å²) in [5.74, 6) is 0.356. The average molecular weight is 290 g/mol. The van der Waals surface area contributed by atoms with Crippen LogP contribution in [0.25, 0.3) is 0 Å². The van der Waals surface area contributed by atoms with Gasteiger partial charge >= 0.3 is 0 Å². The van der Waals surface area contributed by atoms with Crippen LogP contribution in [0.2, 0.25) is 0 Å². The number of carbonyl (C=O) groups excluding carboxylic acids is 2. The molecule has 2 aromatic carbocycles. The van der Waals surface area contributed by atoms with Crippen LogP contribution >= 0.6 is 11.6 Å². The molecule has 0 aliphatic heterocycles. The van der Waals surface area contributed by atoms with E-state index in [0.29, 0.717) is 22.6 Å². The van der Waals surface area contributed by atoms with Gasteiger partial charge < -0.3 is 10.1 Å². The van der Waals surface area contributed by atoms with Gasteiger partial charge in [0.1, 0.15) is 5.75 Å². The summed E-state index contributed by atoms with van der Waals surface area (Å²) in [6.45, 7) is 0. The number of hydrogen-bond acceptors (Lipinski definition) is 3. The largest absolute Gasteiger partial charge is 0.497 e. The molecule has 5 heteroatoms. The van der Waals surface area contributed by atoms with Gasteiger partial charge in [-0.05, 0) is 54.1 Å². The Kier molecular flexibility index (Phi) is 4.38. The van der Waals surface area contributed by atoms with E-state index in [2.05, 4.69) is 5.32 Å². The number of rotatable bonds is 4. The molecule has 1 N–H and O–H groups in total. The monoisotopic (exact) mass is 289 g/mol. The van der Waals surface area contributed by atoms with E-state index in [1.54, 1.807) is 55.6 Å². The highest BCUT2D eigenvalue weighted by atomic mass is 35.5. The number of amides is 1. The zero-order valence-electron chi connectivity index (χ0n) is 10.7. The van der Waals surface area contributed by atoms with Crippen LogP contribution in [0.1, 0.15) is 20.7 Å². The van der Waals surface area contributed by atoms with Gasteiger partial charge in [0.05, 0.1) is 7.11 Å².